The van der Waals surface area contributed by atoms with Crippen LogP contribution in [0.5, 0.6) is 11.5 Å². The van der Waals surface area contributed by atoms with E-state index in [2.05, 4.69) is 9.47 Å². The van der Waals surface area contributed by atoms with E-state index in [1.165, 1.54) is 12.1 Å². The van der Waals surface area contributed by atoms with E-state index >= 15 is 4.39 Å². The van der Waals surface area contributed by atoms with Crippen molar-refractivity contribution >= 4 is 0 Å². The molecule has 0 N–H and O–H groups in total. The molecule has 4 aromatic rings. The lowest BCUT2D eigenvalue weighted by Gasteiger charge is -2.29. The van der Waals surface area contributed by atoms with Crippen LogP contribution in [-0.2, 0) is 15.6 Å². The number of hydrogen-bond acceptors (Lipinski definition) is 4. The molecule has 1 fully saturated rings. The first-order valence-electron chi connectivity index (χ1n) is 13.8. The average Bonchev–Trinajstić information content (AvgIpc) is 3.02. The van der Waals surface area contributed by atoms with E-state index in [0.29, 0.717) is 42.4 Å². The summed E-state index contributed by atoms with van der Waals surface area (Å²) in [5.41, 5.74) is -1.02. The van der Waals surface area contributed by atoms with Crippen molar-refractivity contribution in [2.45, 2.75) is 25.7 Å². The van der Waals surface area contributed by atoms with Gasteiger partial charge in [-0.25, -0.2) is 22.0 Å². The zero-order chi connectivity index (χ0) is 34.0. The van der Waals surface area contributed by atoms with Crippen molar-refractivity contribution in [1.29, 1.82) is 0 Å². The number of benzene rings is 4. The zero-order valence-corrected chi connectivity index (χ0v) is 24.0. The summed E-state index contributed by atoms with van der Waals surface area (Å²) in [4.78, 5) is 0. The molecule has 0 aromatic heterocycles. The van der Waals surface area contributed by atoms with Gasteiger partial charge < -0.3 is 18.9 Å². The summed E-state index contributed by atoms with van der Waals surface area (Å²) < 4.78 is 159. The van der Waals surface area contributed by atoms with Crippen LogP contribution in [0.1, 0.15) is 30.8 Å². The second-order valence-electron chi connectivity index (χ2n) is 10.4. The summed E-state index contributed by atoms with van der Waals surface area (Å²) in [6.07, 6.45) is -7.57. The smallest absolute Gasteiger partial charge is 0.429 e. The molecule has 0 spiro atoms. The van der Waals surface area contributed by atoms with Gasteiger partial charge in [0.15, 0.2) is 17.9 Å². The Bertz CT molecular complexity index is 1750. The van der Waals surface area contributed by atoms with Crippen molar-refractivity contribution in [2.24, 2.45) is 5.92 Å². The lowest BCUT2D eigenvalue weighted by molar-refractivity contribution is -0.205. The topological polar surface area (TPSA) is 36.9 Å². The van der Waals surface area contributed by atoms with Crippen molar-refractivity contribution in [3.63, 3.8) is 0 Å². The number of ether oxygens (including phenoxy) is 4. The Balaban J connectivity index is 1.34. The first-order chi connectivity index (χ1) is 22.3. The molecule has 0 radical (unpaired) electrons. The van der Waals surface area contributed by atoms with Crippen LogP contribution in [0.2, 0.25) is 0 Å². The molecule has 248 valence electrons. The van der Waals surface area contributed by atoms with E-state index in [1.807, 2.05) is 6.92 Å². The summed E-state index contributed by atoms with van der Waals surface area (Å²) in [5.74, 6) is -11.4. The standard InChI is InChI=1S/C33H22F10O4/c1-2-16-14-44-32(45-15-16)18-5-3-17(4-6-18)19-7-8-22(23(34)9-19)20-10-24(35)28(25(36)11-20)33(42,43)47-21-12-26(37)29(27(38)13-21)46-31(41)30(39)40/h3-13,16,32H,2,14-15H2,1H3. The van der Waals surface area contributed by atoms with E-state index in [1.54, 1.807) is 24.3 Å². The molecule has 0 unspecified atom stereocenters. The van der Waals surface area contributed by atoms with Gasteiger partial charge in [0.25, 0.3) is 0 Å². The van der Waals surface area contributed by atoms with Gasteiger partial charge in [-0.05, 0) is 41.3 Å². The second-order valence-corrected chi connectivity index (χ2v) is 10.4. The van der Waals surface area contributed by atoms with Gasteiger partial charge in [-0.1, -0.05) is 43.3 Å². The summed E-state index contributed by atoms with van der Waals surface area (Å²) in [7, 11) is 0. The van der Waals surface area contributed by atoms with E-state index in [4.69, 9.17) is 9.47 Å². The minimum atomic E-state index is -4.90. The third kappa shape index (κ3) is 7.38. The Morgan fingerprint density at radius 3 is 1.81 bits per heavy atom. The van der Waals surface area contributed by atoms with Crippen LogP contribution < -0.4 is 9.47 Å². The van der Waals surface area contributed by atoms with Gasteiger partial charge >= 0.3 is 18.2 Å². The van der Waals surface area contributed by atoms with Crippen LogP contribution in [-0.4, -0.2) is 13.2 Å². The molecule has 14 heteroatoms. The van der Waals surface area contributed by atoms with Crippen LogP contribution in [0.25, 0.3) is 22.3 Å². The molecule has 4 aromatic carbocycles. The molecule has 0 saturated carbocycles. The Kier molecular flexibility index (Phi) is 9.82. The van der Waals surface area contributed by atoms with Gasteiger partial charge in [0, 0.05) is 29.2 Å². The van der Waals surface area contributed by atoms with Crippen molar-refractivity contribution in [1.82, 2.24) is 0 Å². The highest BCUT2D eigenvalue weighted by Crippen LogP contribution is 2.40. The minimum Gasteiger partial charge on any atom is -0.429 e. The number of alkyl halides is 2. The van der Waals surface area contributed by atoms with Gasteiger partial charge in [0.1, 0.15) is 28.8 Å². The largest absolute Gasteiger partial charge is 0.432 e. The van der Waals surface area contributed by atoms with Crippen molar-refractivity contribution in [3.8, 4) is 33.8 Å². The fourth-order valence-corrected chi connectivity index (χ4v) is 4.76. The summed E-state index contributed by atoms with van der Waals surface area (Å²) in [6, 6.07) is 8.79. The lowest BCUT2D eigenvalue weighted by atomic mass is 9.97. The zero-order valence-electron chi connectivity index (χ0n) is 24.0. The molecule has 1 heterocycles. The van der Waals surface area contributed by atoms with Crippen molar-refractivity contribution in [3.05, 3.63) is 119 Å². The maximum Gasteiger partial charge on any atom is 0.432 e. The maximum atomic E-state index is 15.2. The first-order valence-corrected chi connectivity index (χ1v) is 13.8. The normalized spacial score (nSPS) is 16.6. The summed E-state index contributed by atoms with van der Waals surface area (Å²) in [6.45, 7) is 3.15. The van der Waals surface area contributed by atoms with Crippen LogP contribution >= 0.6 is 0 Å². The highest BCUT2D eigenvalue weighted by Gasteiger charge is 2.42. The molecule has 0 aliphatic carbocycles. The third-order valence-corrected chi connectivity index (χ3v) is 7.23. The van der Waals surface area contributed by atoms with Gasteiger partial charge in [0.05, 0.1) is 13.2 Å². The molecule has 0 bridgehead atoms. The highest BCUT2D eigenvalue weighted by molar-refractivity contribution is 5.71. The average molecular weight is 673 g/mol. The van der Waals surface area contributed by atoms with Crippen molar-refractivity contribution < 1.29 is 62.9 Å². The fraction of sp³-hybridized carbons (Fsp3) is 0.212. The molecule has 0 atom stereocenters. The van der Waals surface area contributed by atoms with Gasteiger partial charge in [-0.15, -0.1) is 0 Å². The van der Waals surface area contributed by atoms with Crippen LogP contribution in [0.15, 0.2) is 78.8 Å². The van der Waals surface area contributed by atoms with E-state index < -0.39 is 76.2 Å². The van der Waals surface area contributed by atoms with Crippen molar-refractivity contribution in [2.75, 3.05) is 13.2 Å². The lowest BCUT2D eigenvalue weighted by Crippen LogP contribution is -2.26. The molecule has 1 aliphatic rings. The van der Waals surface area contributed by atoms with E-state index in [9.17, 15) is 39.5 Å². The van der Waals surface area contributed by atoms with Gasteiger partial charge in [-0.2, -0.15) is 22.0 Å². The van der Waals surface area contributed by atoms with Crippen LogP contribution in [0, 0.1) is 35.0 Å². The van der Waals surface area contributed by atoms with Gasteiger partial charge in [0.2, 0.25) is 5.75 Å². The minimum absolute atomic E-state index is 0.0104. The number of hydrogen-bond donors (Lipinski definition) is 0. The Morgan fingerprint density at radius 1 is 0.723 bits per heavy atom. The second kappa shape index (κ2) is 13.7. The first kappa shape index (κ1) is 33.8. The van der Waals surface area contributed by atoms with Crippen LogP contribution in [0.3, 0.4) is 0 Å². The molecule has 4 nitrogen and oxygen atoms in total. The SMILES string of the molecule is CCC1COC(c2ccc(-c3ccc(-c4cc(F)c(C(F)(F)Oc5cc(F)c(OC(F)=C(F)F)c(F)c5)c(F)c4)c(F)c3)cc2)OC1. The molecule has 47 heavy (non-hydrogen) atoms. The summed E-state index contributed by atoms with van der Waals surface area (Å²) >= 11 is 0. The Morgan fingerprint density at radius 2 is 1.28 bits per heavy atom. The molecule has 5 rings (SSSR count). The molecule has 1 saturated heterocycles. The molecular weight excluding hydrogens is 650 g/mol. The molecule has 0 amide bonds. The predicted molar refractivity (Wildman–Crippen MR) is 147 cm³/mol. The van der Waals surface area contributed by atoms with Gasteiger partial charge in [-0.3, -0.25) is 0 Å². The molecular formula is C33H22F10O4. The maximum absolute atomic E-state index is 15.2. The fourth-order valence-electron chi connectivity index (χ4n) is 4.76. The number of rotatable bonds is 9. The Hall–Kier alpha value is -4.56. The van der Waals surface area contributed by atoms with E-state index in [-0.39, 0.29) is 17.7 Å². The highest BCUT2D eigenvalue weighted by atomic mass is 19.3. The quantitative estimate of drug-likeness (QED) is 0.131. The third-order valence-electron chi connectivity index (χ3n) is 7.23. The van der Waals surface area contributed by atoms with Crippen LogP contribution in [0.4, 0.5) is 43.9 Å². The number of halogens is 10. The summed E-state index contributed by atoms with van der Waals surface area (Å²) in [5, 5.41) is 0. The van der Waals surface area contributed by atoms with E-state index in [0.717, 1.165) is 18.1 Å². The molecule has 1 aliphatic heterocycles. The monoisotopic (exact) mass is 672 g/mol. The predicted octanol–water partition coefficient (Wildman–Crippen LogP) is 10.3. The Labute approximate surface area is 260 Å².